The zero-order valence-electron chi connectivity index (χ0n) is 11.6. The number of benzene rings is 1. The van der Waals surface area contributed by atoms with E-state index >= 15 is 0 Å². The Balaban J connectivity index is 2.65. The van der Waals surface area contributed by atoms with Gasteiger partial charge in [0.05, 0.1) is 6.04 Å². The van der Waals surface area contributed by atoms with Crippen LogP contribution >= 0.6 is 0 Å². The van der Waals surface area contributed by atoms with Gasteiger partial charge in [-0.05, 0) is 45.4 Å². The molecule has 0 fully saturated rings. The predicted molar refractivity (Wildman–Crippen MR) is 70.6 cm³/mol. The van der Waals surface area contributed by atoms with Gasteiger partial charge in [0.25, 0.3) is 0 Å². The van der Waals surface area contributed by atoms with Gasteiger partial charge in [-0.25, -0.2) is 8.78 Å². The van der Waals surface area contributed by atoms with Crippen LogP contribution in [0.25, 0.3) is 0 Å². The summed E-state index contributed by atoms with van der Waals surface area (Å²) in [6, 6.07) is 3.13. The Bertz CT molecular complexity index is 449. The molecule has 1 aromatic carbocycles. The Morgan fingerprint density at radius 2 is 1.74 bits per heavy atom. The van der Waals surface area contributed by atoms with Gasteiger partial charge in [0.1, 0.15) is 0 Å². The minimum Gasteiger partial charge on any atom is -0.353 e. The molecule has 0 aliphatic rings. The smallest absolute Gasteiger partial charge is 0.237 e. The van der Waals surface area contributed by atoms with Crippen molar-refractivity contribution in [3.8, 4) is 0 Å². The molecule has 5 heteroatoms. The lowest BCUT2D eigenvalue weighted by atomic mass is 10.1. The van der Waals surface area contributed by atoms with Gasteiger partial charge in [-0.2, -0.15) is 0 Å². The molecular weight excluding hydrogens is 250 g/mol. The zero-order chi connectivity index (χ0) is 14.6. The van der Waals surface area contributed by atoms with Gasteiger partial charge in [0.15, 0.2) is 11.6 Å². The van der Waals surface area contributed by atoms with Crippen LogP contribution in [0.1, 0.15) is 39.3 Å². The first-order valence-electron chi connectivity index (χ1n) is 6.32. The van der Waals surface area contributed by atoms with E-state index in [0.29, 0.717) is 5.56 Å². The van der Waals surface area contributed by atoms with Crippen LogP contribution in [-0.2, 0) is 4.79 Å². The summed E-state index contributed by atoms with van der Waals surface area (Å²) >= 11 is 0. The third-order valence-corrected chi connectivity index (χ3v) is 2.77. The number of rotatable bonds is 5. The minimum atomic E-state index is -0.884. The molecule has 0 saturated carbocycles. The van der Waals surface area contributed by atoms with Crippen LogP contribution in [0, 0.1) is 11.6 Å². The number of halogens is 2. The summed E-state index contributed by atoms with van der Waals surface area (Å²) in [4.78, 5) is 11.7. The van der Waals surface area contributed by atoms with Crippen LogP contribution in [0.3, 0.4) is 0 Å². The molecule has 2 atom stereocenters. The fourth-order valence-electron chi connectivity index (χ4n) is 1.74. The fourth-order valence-corrected chi connectivity index (χ4v) is 1.74. The van der Waals surface area contributed by atoms with Crippen molar-refractivity contribution in [3.05, 3.63) is 35.4 Å². The molecule has 0 radical (unpaired) electrons. The molecule has 0 spiro atoms. The molecule has 106 valence electrons. The van der Waals surface area contributed by atoms with Crippen molar-refractivity contribution < 1.29 is 13.6 Å². The van der Waals surface area contributed by atoms with Gasteiger partial charge < -0.3 is 5.32 Å². The maximum atomic E-state index is 13.1. The number of carbonyl (C=O) groups excluding carboxylic acids is 1. The first-order chi connectivity index (χ1) is 8.81. The van der Waals surface area contributed by atoms with Crippen LogP contribution in [0.15, 0.2) is 18.2 Å². The van der Waals surface area contributed by atoms with Crippen molar-refractivity contribution in [2.45, 2.75) is 45.8 Å². The second-order valence-corrected chi connectivity index (χ2v) is 4.95. The highest BCUT2D eigenvalue weighted by atomic mass is 19.2. The van der Waals surface area contributed by atoms with E-state index in [2.05, 4.69) is 10.6 Å². The van der Waals surface area contributed by atoms with Gasteiger partial charge in [-0.1, -0.05) is 6.07 Å². The van der Waals surface area contributed by atoms with Crippen molar-refractivity contribution in [1.29, 1.82) is 0 Å². The third kappa shape index (κ3) is 4.59. The van der Waals surface area contributed by atoms with Gasteiger partial charge in [-0.15, -0.1) is 0 Å². The van der Waals surface area contributed by atoms with E-state index in [1.807, 2.05) is 13.8 Å². The molecule has 0 aliphatic carbocycles. The summed E-state index contributed by atoms with van der Waals surface area (Å²) in [6.07, 6.45) is 0. The SMILES string of the molecule is CC(C)NC(=O)[C@H](C)N[C@@H](C)c1ccc(F)c(F)c1. The molecule has 0 saturated heterocycles. The van der Waals surface area contributed by atoms with Gasteiger partial charge >= 0.3 is 0 Å². The second kappa shape index (κ2) is 6.61. The maximum absolute atomic E-state index is 13.1. The summed E-state index contributed by atoms with van der Waals surface area (Å²) in [6.45, 7) is 7.28. The van der Waals surface area contributed by atoms with E-state index in [1.165, 1.54) is 6.07 Å². The Kier molecular flexibility index (Phi) is 5.42. The maximum Gasteiger partial charge on any atom is 0.237 e. The molecule has 0 aromatic heterocycles. The molecule has 0 unspecified atom stereocenters. The quantitative estimate of drug-likeness (QED) is 0.863. The first kappa shape index (κ1) is 15.6. The van der Waals surface area contributed by atoms with Crippen molar-refractivity contribution in [2.24, 2.45) is 0 Å². The van der Waals surface area contributed by atoms with Crippen molar-refractivity contribution in [2.75, 3.05) is 0 Å². The molecule has 0 bridgehead atoms. The summed E-state index contributed by atoms with van der Waals surface area (Å²) in [5.74, 6) is -1.88. The Morgan fingerprint density at radius 3 is 2.26 bits per heavy atom. The number of amides is 1. The van der Waals surface area contributed by atoms with E-state index < -0.39 is 17.7 Å². The molecule has 1 amide bonds. The molecule has 2 N–H and O–H groups in total. The average Bonchev–Trinajstić information content (AvgIpc) is 2.31. The summed E-state index contributed by atoms with van der Waals surface area (Å²) in [7, 11) is 0. The Hall–Kier alpha value is -1.49. The number of nitrogens with one attached hydrogen (secondary N) is 2. The standard InChI is InChI=1S/C14H20F2N2O/c1-8(2)17-14(19)10(4)18-9(3)11-5-6-12(15)13(16)7-11/h5-10,18H,1-4H3,(H,17,19)/t9-,10-/m0/s1. The molecule has 0 aliphatic heterocycles. The van der Waals surface area contributed by atoms with E-state index in [1.54, 1.807) is 13.8 Å². The van der Waals surface area contributed by atoms with E-state index in [9.17, 15) is 13.6 Å². The summed E-state index contributed by atoms with van der Waals surface area (Å²) < 4.78 is 26.0. The highest BCUT2D eigenvalue weighted by Gasteiger charge is 2.17. The van der Waals surface area contributed by atoms with Crippen LogP contribution in [0.5, 0.6) is 0 Å². The minimum absolute atomic E-state index is 0.0651. The Labute approximate surface area is 112 Å². The van der Waals surface area contributed by atoms with E-state index in [4.69, 9.17) is 0 Å². The topological polar surface area (TPSA) is 41.1 Å². The van der Waals surface area contributed by atoms with E-state index in [0.717, 1.165) is 12.1 Å². The van der Waals surface area contributed by atoms with Gasteiger partial charge in [-0.3, -0.25) is 10.1 Å². The van der Waals surface area contributed by atoms with Crippen molar-refractivity contribution in [3.63, 3.8) is 0 Å². The predicted octanol–water partition coefficient (Wildman–Crippen LogP) is 2.53. The number of hydrogen-bond acceptors (Lipinski definition) is 2. The van der Waals surface area contributed by atoms with Crippen LogP contribution in [0.4, 0.5) is 8.78 Å². The van der Waals surface area contributed by atoms with Crippen LogP contribution < -0.4 is 10.6 Å². The Morgan fingerprint density at radius 1 is 1.11 bits per heavy atom. The second-order valence-electron chi connectivity index (χ2n) is 4.95. The molecule has 19 heavy (non-hydrogen) atoms. The third-order valence-electron chi connectivity index (χ3n) is 2.77. The summed E-state index contributed by atoms with van der Waals surface area (Å²) in [5, 5.41) is 5.83. The fraction of sp³-hybridized carbons (Fsp3) is 0.500. The van der Waals surface area contributed by atoms with Crippen molar-refractivity contribution >= 4 is 5.91 Å². The highest BCUT2D eigenvalue weighted by molar-refractivity contribution is 5.81. The molecule has 1 rings (SSSR count). The van der Waals surface area contributed by atoms with Crippen LogP contribution in [0.2, 0.25) is 0 Å². The van der Waals surface area contributed by atoms with Gasteiger partial charge in [0, 0.05) is 12.1 Å². The lowest BCUT2D eigenvalue weighted by molar-refractivity contribution is -0.123. The lowest BCUT2D eigenvalue weighted by Gasteiger charge is -2.21. The molecular formula is C14H20F2N2O. The molecule has 0 heterocycles. The average molecular weight is 270 g/mol. The molecule has 3 nitrogen and oxygen atoms in total. The first-order valence-corrected chi connectivity index (χ1v) is 6.32. The monoisotopic (exact) mass is 270 g/mol. The normalized spacial score (nSPS) is 14.3. The van der Waals surface area contributed by atoms with Gasteiger partial charge in [0.2, 0.25) is 5.91 Å². The molecule has 1 aromatic rings. The van der Waals surface area contributed by atoms with Crippen molar-refractivity contribution in [1.82, 2.24) is 10.6 Å². The highest BCUT2D eigenvalue weighted by Crippen LogP contribution is 2.16. The number of carbonyl (C=O) groups is 1. The largest absolute Gasteiger partial charge is 0.353 e. The van der Waals surface area contributed by atoms with E-state index in [-0.39, 0.29) is 18.0 Å². The summed E-state index contributed by atoms with van der Waals surface area (Å²) in [5.41, 5.74) is 0.600. The van der Waals surface area contributed by atoms with Crippen LogP contribution in [-0.4, -0.2) is 18.0 Å². The lowest BCUT2D eigenvalue weighted by Crippen LogP contribution is -2.45. The number of hydrogen-bond donors (Lipinski definition) is 2. The zero-order valence-corrected chi connectivity index (χ0v) is 11.6.